The largest absolute Gasteiger partial charge is 0.467 e. The molecule has 1 atom stereocenters. The van der Waals surface area contributed by atoms with Crippen molar-refractivity contribution in [3.63, 3.8) is 0 Å². The predicted octanol–water partition coefficient (Wildman–Crippen LogP) is 1.46. The van der Waals surface area contributed by atoms with E-state index in [0.29, 0.717) is 17.1 Å². The van der Waals surface area contributed by atoms with Crippen LogP contribution >= 0.6 is 11.8 Å². The second-order valence-corrected chi connectivity index (χ2v) is 6.13. The van der Waals surface area contributed by atoms with Gasteiger partial charge in [-0.3, -0.25) is 4.79 Å². The van der Waals surface area contributed by atoms with E-state index in [1.54, 1.807) is 50.1 Å². The number of thioether (sulfide) groups is 1. The highest BCUT2D eigenvalue weighted by atomic mass is 32.2. The minimum Gasteiger partial charge on any atom is -0.467 e. The molecule has 0 saturated carbocycles. The van der Waals surface area contributed by atoms with Crippen LogP contribution in [0.15, 0.2) is 24.3 Å². The van der Waals surface area contributed by atoms with Crippen LogP contribution in [0.4, 0.5) is 0 Å². The van der Waals surface area contributed by atoms with Crippen molar-refractivity contribution in [3.8, 4) is 11.8 Å². The van der Waals surface area contributed by atoms with E-state index < -0.39 is 17.6 Å². The molecular weight excluding hydrogens is 314 g/mol. The maximum Gasteiger partial charge on any atom is 0.331 e. The summed E-state index contributed by atoms with van der Waals surface area (Å²) in [4.78, 5) is 24.5. The molecule has 1 fully saturated rings. The number of carbonyl (C=O) groups is 2. The Kier molecular flexibility index (Phi) is 5.69. The first-order valence-electron chi connectivity index (χ1n) is 7.10. The zero-order chi connectivity index (χ0) is 16.9. The molecule has 0 spiro atoms. The fraction of sp³-hybridized carbons (Fsp3) is 0.412. The molecule has 0 aliphatic carbocycles. The summed E-state index contributed by atoms with van der Waals surface area (Å²) in [5, 5.41) is 2.74. The SMILES string of the molecule is CC#Cc1ccc(C(=O)NC(C(=O)OC)C2(OC)CSC2)cc1. The molecule has 1 N–H and O–H groups in total. The van der Waals surface area contributed by atoms with E-state index in [4.69, 9.17) is 9.47 Å². The summed E-state index contributed by atoms with van der Waals surface area (Å²) in [5.41, 5.74) is 0.581. The summed E-state index contributed by atoms with van der Waals surface area (Å²) in [6, 6.07) is 6.06. The third kappa shape index (κ3) is 3.69. The van der Waals surface area contributed by atoms with Gasteiger partial charge in [0, 0.05) is 29.7 Å². The Bertz CT molecular complexity index is 635. The molecular formula is C17H19NO4S. The third-order valence-electron chi connectivity index (χ3n) is 3.75. The van der Waals surface area contributed by atoms with Gasteiger partial charge in [0.15, 0.2) is 6.04 Å². The highest BCUT2D eigenvalue weighted by Crippen LogP contribution is 2.36. The Morgan fingerprint density at radius 1 is 1.26 bits per heavy atom. The number of nitrogens with one attached hydrogen (secondary N) is 1. The summed E-state index contributed by atoms with van der Waals surface area (Å²) in [6.07, 6.45) is 0. The Hall–Kier alpha value is -1.97. The first kappa shape index (κ1) is 17.4. The highest BCUT2D eigenvalue weighted by molar-refractivity contribution is 8.00. The number of ether oxygens (including phenoxy) is 2. The number of amides is 1. The number of rotatable bonds is 5. The van der Waals surface area contributed by atoms with Crippen molar-refractivity contribution in [1.82, 2.24) is 5.32 Å². The fourth-order valence-corrected chi connectivity index (χ4v) is 3.47. The average molecular weight is 333 g/mol. The van der Waals surface area contributed by atoms with Crippen molar-refractivity contribution in [2.45, 2.75) is 18.6 Å². The van der Waals surface area contributed by atoms with Gasteiger partial charge in [0.1, 0.15) is 5.60 Å². The average Bonchev–Trinajstić information content (AvgIpc) is 2.53. The van der Waals surface area contributed by atoms with E-state index in [2.05, 4.69) is 17.2 Å². The topological polar surface area (TPSA) is 64.6 Å². The van der Waals surface area contributed by atoms with E-state index in [9.17, 15) is 9.59 Å². The number of carbonyl (C=O) groups excluding carboxylic acids is 2. The lowest BCUT2D eigenvalue weighted by molar-refractivity contribution is -0.150. The molecule has 23 heavy (non-hydrogen) atoms. The van der Waals surface area contributed by atoms with Crippen molar-refractivity contribution >= 4 is 23.6 Å². The van der Waals surface area contributed by atoms with Gasteiger partial charge < -0.3 is 14.8 Å². The molecule has 1 amide bonds. The zero-order valence-corrected chi connectivity index (χ0v) is 14.2. The summed E-state index contributed by atoms with van der Waals surface area (Å²) >= 11 is 1.66. The van der Waals surface area contributed by atoms with Gasteiger partial charge >= 0.3 is 5.97 Å². The minimum atomic E-state index is -0.832. The molecule has 1 aromatic carbocycles. The van der Waals surface area contributed by atoms with Crippen molar-refractivity contribution in [1.29, 1.82) is 0 Å². The Labute approximate surface area is 140 Å². The lowest BCUT2D eigenvalue weighted by Crippen LogP contribution is -2.65. The van der Waals surface area contributed by atoms with Crippen molar-refractivity contribution in [2.24, 2.45) is 0 Å². The van der Waals surface area contributed by atoms with E-state index in [1.165, 1.54) is 7.11 Å². The molecule has 5 nitrogen and oxygen atoms in total. The molecule has 1 aromatic rings. The van der Waals surface area contributed by atoms with Crippen LogP contribution in [0.2, 0.25) is 0 Å². The van der Waals surface area contributed by atoms with Gasteiger partial charge in [-0.05, 0) is 31.2 Å². The van der Waals surface area contributed by atoms with Crippen LogP contribution in [-0.4, -0.2) is 49.2 Å². The molecule has 1 aliphatic rings. The van der Waals surface area contributed by atoms with Gasteiger partial charge in [-0.25, -0.2) is 4.79 Å². The Balaban J connectivity index is 2.16. The molecule has 122 valence electrons. The van der Waals surface area contributed by atoms with Gasteiger partial charge in [0.25, 0.3) is 5.91 Å². The Morgan fingerprint density at radius 3 is 2.35 bits per heavy atom. The van der Waals surface area contributed by atoms with E-state index in [0.717, 1.165) is 5.56 Å². The number of benzene rings is 1. The molecule has 1 aliphatic heterocycles. The van der Waals surface area contributed by atoms with Gasteiger partial charge in [-0.2, -0.15) is 11.8 Å². The van der Waals surface area contributed by atoms with E-state index >= 15 is 0 Å². The van der Waals surface area contributed by atoms with Gasteiger partial charge in [-0.1, -0.05) is 5.92 Å². The van der Waals surface area contributed by atoms with Gasteiger partial charge in [0.05, 0.1) is 7.11 Å². The van der Waals surface area contributed by atoms with Gasteiger partial charge in [-0.15, -0.1) is 5.92 Å². The van der Waals surface area contributed by atoms with Crippen LogP contribution in [0.5, 0.6) is 0 Å². The molecule has 6 heteroatoms. The smallest absolute Gasteiger partial charge is 0.331 e. The molecule has 1 saturated heterocycles. The van der Waals surface area contributed by atoms with Crippen LogP contribution < -0.4 is 5.32 Å². The number of hydrogen-bond donors (Lipinski definition) is 1. The maximum atomic E-state index is 12.4. The quantitative estimate of drug-likeness (QED) is 0.653. The van der Waals surface area contributed by atoms with Gasteiger partial charge in [0.2, 0.25) is 0 Å². The summed E-state index contributed by atoms with van der Waals surface area (Å²) in [7, 11) is 2.84. The molecule has 0 bridgehead atoms. The third-order valence-corrected chi connectivity index (χ3v) is 5.14. The van der Waals surface area contributed by atoms with Crippen LogP contribution in [-0.2, 0) is 14.3 Å². The van der Waals surface area contributed by atoms with Crippen LogP contribution in [0.1, 0.15) is 22.8 Å². The molecule has 0 radical (unpaired) electrons. The number of esters is 1. The predicted molar refractivity (Wildman–Crippen MR) is 89.3 cm³/mol. The molecule has 1 unspecified atom stereocenters. The van der Waals surface area contributed by atoms with Crippen molar-refractivity contribution in [3.05, 3.63) is 35.4 Å². The first-order valence-corrected chi connectivity index (χ1v) is 8.26. The number of methoxy groups -OCH3 is 2. The van der Waals surface area contributed by atoms with Crippen molar-refractivity contribution < 1.29 is 19.1 Å². The molecule has 1 heterocycles. The van der Waals surface area contributed by atoms with E-state index in [-0.39, 0.29) is 5.91 Å². The molecule has 0 aromatic heterocycles. The number of hydrogen-bond acceptors (Lipinski definition) is 5. The second-order valence-electron chi connectivity index (χ2n) is 5.14. The lowest BCUT2D eigenvalue weighted by atomic mass is 9.96. The lowest BCUT2D eigenvalue weighted by Gasteiger charge is -2.44. The molecule has 2 rings (SSSR count). The monoisotopic (exact) mass is 333 g/mol. The summed E-state index contributed by atoms with van der Waals surface area (Å²) in [6.45, 7) is 1.75. The second kappa shape index (κ2) is 7.53. The van der Waals surface area contributed by atoms with Crippen LogP contribution in [0, 0.1) is 11.8 Å². The summed E-state index contributed by atoms with van der Waals surface area (Å²) < 4.78 is 10.3. The maximum absolute atomic E-state index is 12.4. The summed E-state index contributed by atoms with van der Waals surface area (Å²) in [5.74, 6) is 6.13. The normalized spacial score (nSPS) is 16.3. The first-order chi connectivity index (χ1) is 11.1. The highest BCUT2D eigenvalue weighted by Gasteiger charge is 2.50. The fourth-order valence-electron chi connectivity index (χ4n) is 2.29. The van der Waals surface area contributed by atoms with E-state index in [1.807, 2.05) is 0 Å². The zero-order valence-electron chi connectivity index (χ0n) is 13.3. The Morgan fingerprint density at radius 2 is 1.91 bits per heavy atom. The van der Waals surface area contributed by atoms with Crippen molar-refractivity contribution in [2.75, 3.05) is 25.7 Å². The van der Waals surface area contributed by atoms with Crippen LogP contribution in [0.25, 0.3) is 0 Å². The minimum absolute atomic E-state index is 0.343. The standard InChI is InChI=1S/C17H19NO4S/c1-4-5-12-6-8-13(9-7-12)15(19)18-14(16(20)21-2)17(22-3)10-23-11-17/h6-9,14H,10-11H2,1-3H3,(H,18,19). The van der Waals surface area contributed by atoms with Crippen LogP contribution in [0.3, 0.4) is 0 Å².